The Morgan fingerprint density at radius 1 is 1.03 bits per heavy atom. The van der Waals surface area contributed by atoms with E-state index in [9.17, 15) is 13.6 Å². The molecule has 2 aromatic rings. The molecule has 0 aliphatic heterocycles. The highest BCUT2D eigenvalue weighted by atomic mass is 19.1. The Balaban J connectivity index is 1.51. The molecule has 0 aromatic heterocycles. The van der Waals surface area contributed by atoms with Crippen molar-refractivity contribution in [1.29, 1.82) is 0 Å². The molecule has 0 saturated heterocycles. The number of unbranched alkanes of at least 4 members (excludes halogenated alkanes) is 2. The summed E-state index contributed by atoms with van der Waals surface area (Å²) in [5.74, 6) is -0.346. The molecule has 0 N–H and O–H groups in total. The number of hydrogen-bond acceptors (Lipinski definition) is 2. The maximum atomic E-state index is 14.5. The number of benzene rings is 2. The lowest BCUT2D eigenvalue weighted by Gasteiger charge is -2.27. The van der Waals surface area contributed by atoms with Gasteiger partial charge in [0.15, 0.2) is 0 Å². The average molecular weight is 398 g/mol. The third-order valence-electron chi connectivity index (χ3n) is 5.76. The highest BCUT2D eigenvalue weighted by molar-refractivity contribution is 5.75. The van der Waals surface area contributed by atoms with E-state index >= 15 is 0 Å². The lowest BCUT2D eigenvalue weighted by molar-refractivity contribution is -0.140. The second kappa shape index (κ2) is 10.3. The van der Waals surface area contributed by atoms with E-state index in [-0.39, 0.29) is 23.5 Å². The minimum absolute atomic E-state index is 0.112. The van der Waals surface area contributed by atoms with Gasteiger partial charge in [0.25, 0.3) is 0 Å². The van der Waals surface area contributed by atoms with Gasteiger partial charge in [0.1, 0.15) is 17.4 Å². The first kappa shape index (κ1) is 21.2. The van der Waals surface area contributed by atoms with Crippen LogP contribution in [0, 0.1) is 23.5 Å². The molecule has 0 atom stereocenters. The third-order valence-corrected chi connectivity index (χ3v) is 5.76. The molecule has 4 heteroatoms. The summed E-state index contributed by atoms with van der Waals surface area (Å²) >= 11 is 0. The lowest BCUT2D eigenvalue weighted by Crippen LogP contribution is -2.25. The van der Waals surface area contributed by atoms with Crippen molar-refractivity contribution in [2.24, 2.45) is 11.8 Å². The molecule has 1 aliphatic carbocycles. The Morgan fingerprint density at radius 3 is 2.41 bits per heavy atom. The molecule has 0 amide bonds. The van der Waals surface area contributed by atoms with E-state index in [1.54, 1.807) is 12.1 Å². The first-order chi connectivity index (χ1) is 14.1. The molecular weight excluding hydrogens is 370 g/mol. The molecule has 1 saturated carbocycles. The largest absolute Gasteiger partial charge is 0.426 e. The Morgan fingerprint density at radius 2 is 1.76 bits per heavy atom. The minimum atomic E-state index is -0.495. The molecule has 0 bridgehead atoms. The first-order valence-corrected chi connectivity index (χ1v) is 10.4. The topological polar surface area (TPSA) is 26.3 Å². The second-order valence-corrected chi connectivity index (χ2v) is 7.86. The van der Waals surface area contributed by atoms with Crippen molar-refractivity contribution in [3.63, 3.8) is 0 Å². The molecule has 1 aliphatic rings. The summed E-state index contributed by atoms with van der Waals surface area (Å²) in [5, 5.41) is 0. The van der Waals surface area contributed by atoms with Gasteiger partial charge in [-0.25, -0.2) is 8.78 Å². The van der Waals surface area contributed by atoms with Crippen LogP contribution < -0.4 is 4.74 Å². The molecule has 3 rings (SSSR count). The Labute approximate surface area is 171 Å². The summed E-state index contributed by atoms with van der Waals surface area (Å²) in [7, 11) is 0. The summed E-state index contributed by atoms with van der Waals surface area (Å²) < 4.78 is 33.0. The van der Waals surface area contributed by atoms with E-state index in [0.717, 1.165) is 32.1 Å². The number of esters is 1. The normalized spacial score (nSPS) is 19.0. The fourth-order valence-electron chi connectivity index (χ4n) is 4.03. The molecule has 29 heavy (non-hydrogen) atoms. The smallest absolute Gasteiger partial charge is 0.314 e. The number of rotatable bonds is 8. The summed E-state index contributed by atoms with van der Waals surface area (Å²) in [5.41, 5.74) is 0.926. The summed E-state index contributed by atoms with van der Waals surface area (Å²) in [6, 6.07) is 10.00. The van der Waals surface area contributed by atoms with Gasteiger partial charge in [0.2, 0.25) is 0 Å². The number of halogens is 2. The predicted octanol–water partition coefficient (Wildman–Crippen LogP) is 7.09. The average Bonchev–Trinajstić information content (AvgIpc) is 2.73. The van der Waals surface area contributed by atoms with Crippen molar-refractivity contribution in [3.05, 3.63) is 66.8 Å². The van der Waals surface area contributed by atoms with Crippen LogP contribution in [0.2, 0.25) is 0 Å². The van der Waals surface area contributed by atoms with Crippen LogP contribution in [-0.4, -0.2) is 5.97 Å². The van der Waals surface area contributed by atoms with Crippen LogP contribution in [0.25, 0.3) is 11.1 Å². The van der Waals surface area contributed by atoms with E-state index in [0.29, 0.717) is 17.0 Å². The fourth-order valence-corrected chi connectivity index (χ4v) is 4.03. The summed E-state index contributed by atoms with van der Waals surface area (Å²) in [4.78, 5) is 12.5. The van der Waals surface area contributed by atoms with E-state index in [2.05, 4.69) is 6.58 Å². The van der Waals surface area contributed by atoms with E-state index in [1.165, 1.54) is 49.6 Å². The zero-order valence-electron chi connectivity index (χ0n) is 16.7. The van der Waals surface area contributed by atoms with Crippen molar-refractivity contribution in [2.75, 3.05) is 0 Å². The van der Waals surface area contributed by atoms with Crippen LogP contribution in [-0.2, 0) is 4.79 Å². The van der Waals surface area contributed by atoms with Gasteiger partial charge in [-0.3, -0.25) is 4.79 Å². The van der Waals surface area contributed by atoms with Crippen LogP contribution in [0.5, 0.6) is 5.75 Å². The molecule has 0 heterocycles. The highest BCUT2D eigenvalue weighted by Crippen LogP contribution is 2.33. The Bertz CT molecular complexity index is 821. The molecule has 0 unspecified atom stereocenters. The molecule has 2 aromatic carbocycles. The third kappa shape index (κ3) is 5.99. The van der Waals surface area contributed by atoms with Crippen LogP contribution in [0.4, 0.5) is 8.78 Å². The predicted molar refractivity (Wildman–Crippen MR) is 112 cm³/mol. The fraction of sp³-hybridized carbons (Fsp3) is 0.400. The van der Waals surface area contributed by atoms with Gasteiger partial charge in [-0.2, -0.15) is 0 Å². The van der Waals surface area contributed by atoms with Gasteiger partial charge in [-0.1, -0.05) is 31.1 Å². The monoisotopic (exact) mass is 398 g/mol. The van der Waals surface area contributed by atoms with Crippen molar-refractivity contribution >= 4 is 5.97 Å². The van der Waals surface area contributed by atoms with Crippen LogP contribution in [0.15, 0.2) is 55.1 Å². The zero-order valence-corrected chi connectivity index (χ0v) is 16.7. The van der Waals surface area contributed by atoms with Crippen molar-refractivity contribution < 1.29 is 18.3 Å². The second-order valence-electron chi connectivity index (χ2n) is 7.86. The van der Waals surface area contributed by atoms with Gasteiger partial charge in [-0.05, 0) is 74.3 Å². The SMILES string of the molecule is C=CCCCCC1CCC(C(=O)Oc2ccc(-c3ccc(F)cc3)c(F)c2)CC1. The van der Waals surface area contributed by atoms with Crippen LogP contribution in [0.1, 0.15) is 51.4 Å². The van der Waals surface area contributed by atoms with E-state index in [1.807, 2.05) is 6.08 Å². The van der Waals surface area contributed by atoms with E-state index < -0.39 is 5.82 Å². The molecule has 0 spiro atoms. The van der Waals surface area contributed by atoms with Gasteiger partial charge in [0.05, 0.1) is 5.92 Å². The quantitative estimate of drug-likeness (QED) is 0.205. The first-order valence-electron chi connectivity index (χ1n) is 10.4. The molecule has 1 fully saturated rings. The highest BCUT2D eigenvalue weighted by Gasteiger charge is 2.27. The van der Waals surface area contributed by atoms with Gasteiger partial charge in [-0.15, -0.1) is 6.58 Å². The molecule has 0 radical (unpaired) electrons. The Hall–Kier alpha value is -2.49. The number of carbonyl (C=O) groups excluding carboxylic acids is 1. The van der Waals surface area contributed by atoms with Gasteiger partial charge >= 0.3 is 5.97 Å². The van der Waals surface area contributed by atoms with Crippen molar-refractivity contribution in [1.82, 2.24) is 0 Å². The number of carbonyl (C=O) groups is 1. The standard InChI is InChI=1S/C25H28F2O2/c1-2-3-4-5-6-18-7-9-20(10-8-18)25(28)29-22-15-16-23(24(27)17-22)19-11-13-21(26)14-12-19/h2,11-18,20H,1,3-10H2. The molecular formula is C25H28F2O2. The molecule has 2 nitrogen and oxygen atoms in total. The summed E-state index contributed by atoms with van der Waals surface area (Å²) in [6.45, 7) is 3.75. The Kier molecular flexibility index (Phi) is 7.56. The minimum Gasteiger partial charge on any atom is -0.426 e. The number of hydrogen-bond donors (Lipinski definition) is 0. The van der Waals surface area contributed by atoms with Crippen LogP contribution in [0.3, 0.4) is 0 Å². The van der Waals surface area contributed by atoms with Gasteiger partial charge < -0.3 is 4.74 Å². The van der Waals surface area contributed by atoms with Crippen molar-refractivity contribution in [3.8, 4) is 16.9 Å². The van der Waals surface area contributed by atoms with Crippen molar-refractivity contribution in [2.45, 2.75) is 51.4 Å². The summed E-state index contributed by atoms with van der Waals surface area (Å²) in [6.07, 6.45) is 10.4. The lowest BCUT2D eigenvalue weighted by atomic mass is 9.80. The number of ether oxygens (including phenoxy) is 1. The van der Waals surface area contributed by atoms with E-state index in [4.69, 9.17) is 4.74 Å². The van der Waals surface area contributed by atoms with Crippen LogP contribution >= 0.6 is 0 Å². The van der Waals surface area contributed by atoms with Gasteiger partial charge in [0, 0.05) is 11.6 Å². The zero-order chi connectivity index (χ0) is 20.6. The number of allylic oxidation sites excluding steroid dienone is 1. The maximum absolute atomic E-state index is 14.5. The molecule has 154 valence electrons. The maximum Gasteiger partial charge on any atom is 0.314 e.